The van der Waals surface area contributed by atoms with Crippen LogP contribution in [0.15, 0.2) is 0 Å². The monoisotopic (exact) mass is 613 g/mol. The van der Waals surface area contributed by atoms with Gasteiger partial charge in [0.2, 0.25) is 0 Å². The van der Waals surface area contributed by atoms with Crippen LogP contribution in [0.25, 0.3) is 0 Å². The van der Waals surface area contributed by atoms with Crippen LogP contribution in [0.4, 0.5) is 0 Å². The molecule has 0 spiro atoms. The third-order valence-corrected chi connectivity index (χ3v) is 9.18. The van der Waals surface area contributed by atoms with Crippen molar-refractivity contribution in [1.82, 2.24) is 0 Å². The summed E-state index contributed by atoms with van der Waals surface area (Å²) < 4.78 is 2.84. The van der Waals surface area contributed by atoms with Crippen molar-refractivity contribution < 1.29 is 19.0 Å². The Labute approximate surface area is 275 Å². The third kappa shape index (κ3) is 31.7. The molecule has 4 nitrogen and oxygen atoms in total. The van der Waals surface area contributed by atoms with Gasteiger partial charge < -0.3 is 19.0 Å². The Morgan fingerprint density at radius 3 is 0.674 bits per heavy atom. The lowest BCUT2D eigenvalue weighted by Gasteiger charge is -2.39. The average Bonchev–Trinajstić information content (AvgIpc) is 3.02. The maximum atomic E-state index is 9.93. The molecule has 0 bridgehead atoms. The summed E-state index contributed by atoms with van der Waals surface area (Å²) in [5.74, 6) is 0. The van der Waals surface area contributed by atoms with E-state index in [9.17, 15) is 10.0 Å². The molecule has 0 aromatic rings. The molecular weight excluding hydrogens is 527 g/mol. The van der Waals surface area contributed by atoms with Crippen LogP contribution in [0, 0.1) is 0 Å². The summed E-state index contributed by atoms with van der Waals surface area (Å²) in [7, 11) is -1.60. The number of unbranched alkanes of at least 4 members (excludes halogenated alkanes) is 11. The highest BCUT2D eigenvalue weighted by atomic mass is 16.4. The molecule has 0 aliphatic rings. The van der Waals surface area contributed by atoms with Crippen LogP contribution < -0.4 is 10.0 Å². The predicted molar refractivity (Wildman–Crippen MR) is 193 cm³/mol. The fourth-order valence-electron chi connectivity index (χ4n) is 6.03. The number of quaternary nitrogens is 2. The van der Waals surface area contributed by atoms with Crippen LogP contribution in [-0.4, -0.2) is 68.4 Å². The molecule has 0 atom stereocenters. The van der Waals surface area contributed by atoms with Crippen molar-refractivity contribution >= 4 is 7.12 Å². The summed E-state index contributed by atoms with van der Waals surface area (Å²) in [4.78, 5) is 0. The van der Waals surface area contributed by atoms with Crippen molar-refractivity contribution in [1.29, 1.82) is 0 Å². The van der Waals surface area contributed by atoms with Gasteiger partial charge in [-0.25, -0.2) is 0 Å². The minimum atomic E-state index is -1.60. The van der Waals surface area contributed by atoms with Gasteiger partial charge in [0.15, 0.2) is 0 Å². The topological polar surface area (TPSA) is 46.1 Å². The molecule has 0 aliphatic carbocycles. The van der Waals surface area contributed by atoms with E-state index in [1.54, 1.807) is 0 Å². The smallest absolute Gasteiger partial charge is 0.0786 e. The second kappa shape index (κ2) is 36.4. The van der Waals surface area contributed by atoms with Crippen molar-refractivity contribution in [3.05, 3.63) is 0 Å². The highest BCUT2D eigenvalue weighted by Gasteiger charge is 2.25. The van der Waals surface area contributed by atoms with Gasteiger partial charge in [-0.1, -0.05) is 139 Å². The SMILES string of the molecule is CCCCCCB([O-])[O-].CCCC[N+](CCCC)(CCCC)CCCC.CCCC[N+](CCCC)(CCCC)CCCC. The average molecular weight is 613 g/mol. The van der Waals surface area contributed by atoms with Gasteiger partial charge in [-0.2, -0.15) is 0 Å². The highest BCUT2D eigenvalue weighted by Crippen LogP contribution is 2.17. The second-order valence-corrected chi connectivity index (χ2v) is 13.6. The number of hydrogen-bond donors (Lipinski definition) is 0. The van der Waals surface area contributed by atoms with Gasteiger partial charge in [-0.15, -0.1) is 13.4 Å². The lowest BCUT2D eigenvalue weighted by Crippen LogP contribution is -2.50. The molecule has 0 aromatic carbocycles. The van der Waals surface area contributed by atoms with E-state index >= 15 is 0 Å². The van der Waals surface area contributed by atoms with Gasteiger partial charge in [0.25, 0.3) is 0 Å². The fourth-order valence-corrected chi connectivity index (χ4v) is 6.03. The van der Waals surface area contributed by atoms with E-state index in [0.717, 1.165) is 25.7 Å². The molecule has 0 aliphatic heterocycles. The first-order valence-electron chi connectivity index (χ1n) is 19.8. The molecule has 0 heterocycles. The van der Waals surface area contributed by atoms with Crippen LogP contribution in [0.2, 0.25) is 6.32 Å². The maximum Gasteiger partial charge on any atom is 0.0786 e. The fraction of sp³-hybridized carbons (Fsp3) is 1.00. The van der Waals surface area contributed by atoms with E-state index in [4.69, 9.17) is 0 Å². The predicted octanol–water partition coefficient (Wildman–Crippen LogP) is 9.78. The summed E-state index contributed by atoms with van der Waals surface area (Å²) in [6, 6.07) is 0. The molecule has 5 heteroatoms. The molecule has 43 heavy (non-hydrogen) atoms. The maximum absolute atomic E-state index is 9.93. The zero-order valence-corrected chi connectivity index (χ0v) is 31.8. The van der Waals surface area contributed by atoms with Gasteiger partial charge in [0.05, 0.1) is 52.4 Å². The molecule has 0 unspecified atom stereocenters. The Hall–Kier alpha value is -0.0951. The minimum Gasteiger partial charge on any atom is -0.893 e. The molecular formula is C38H85BN2O2. The second-order valence-electron chi connectivity index (χ2n) is 13.6. The van der Waals surface area contributed by atoms with Gasteiger partial charge >= 0.3 is 0 Å². The van der Waals surface area contributed by atoms with Crippen LogP contribution in [0.5, 0.6) is 0 Å². The van der Waals surface area contributed by atoms with Gasteiger partial charge in [0, 0.05) is 0 Å². The van der Waals surface area contributed by atoms with Crippen molar-refractivity contribution in [2.24, 2.45) is 0 Å². The quantitative estimate of drug-likeness (QED) is 0.0480. The first-order chi connectivity index (χ1) is 20.8. The normalized spacial score (nSPS) is 11.5. The van der Waals surface area contributed by atoms with E-state index in [1.807, 2.05) is 0 Å². The van der Waals surface area contributed by atoms with E-state index in [2.05, 4.69) is 62.3 Å². The Balaban J connectivity index is -0.000000586. The molecule has 0 fully saturated rings. The Bertz CT molecular complexity index is 393. The van der Waals surface area contributed by atoms with Crippen molar-refractivity contribution in [3.8, 4) is 0 Å². The van der Waals surface area contributed by atoms with Gasteiger partial charge in [-0.05, 0) is 51.4 Å². The van der Waals surface area contributed by atoms with Crippen LogP contribution in [0.3, 0.4) is 0 Å². The lowest BCUT2D eigenvalue weighted by atomic mass is 9.83. The Kier molecular flexibility index (Phi) is 40.0. The van der Waals surface area contributed by atoms with Crippen molar-refractivity contribution in [3.63, 3.8) is 0 Å². The summed E-state index contributed by atoms with van der Waals surface area (Å²) in [6.07, 6.45) is 26.6. The zero-order valence-electron chi connectivity index (χ0n) is 31.8. The Morgan fingerprint density at radius 1 is 0.302 bits per heavy atom. The Morgan fingerprint density at radius 2 is 0.512 bits per heavy atom. The summed E-state index contributed by atoms with van der Waals surface area (Å²) in [5.41, 5.74) is 0. The summed E-state index contributed by atoms with van der Waals surface area (Å²) in [6.45, 7) is 32.1. The van der Waals surface area contributed by atoms with Crippen molar-refractivity contribution in [2.45, 2.75) is 197 Å². The standard InChI is InChI=1S/2C16H36N.C6H13BO2/c2*1-5-9-13-17(14-10-6-2,15-11-7-3)16-12-8-4;1-2-3-4-5-6-7(8)9/h2*5-16H2,1-4H3;2-6H2,1H3/q2*+1;-2. The van der Waals surface area contributed by atoms with Gasteiger partial charge in [-0.3, -0.25) is 0 Å². The summed E-state index contributed by atoms with van der Waals surface area (Å²) in [5, 5.41) is 19.9. The van der Waals surface area contributed by atoms with E-state index in [0.29, 0.717) is 6.32 Å². The van der Waals surface area contributed by atoms with E-state index in [1.165, 1.54) is 164 Å². The molecule has 0 rings (SSSR count). The van der Waals surface area contributed by atoms with Gasteiger partial charge in [0.1, 0.15) is 0 Å². The van der Waals surface area contributed by atoms with Crippen LogP contribution >= 0.6 is 0 Å². The first kappa shape index (κ1) is 47.3. The number of rotatable bonds is 29. The van der Waals surface area contributed by atoms with E-state index in [-0.39, 0.29) is 0 Å². The third-order valence-electron chi connectivity index (χ3n) is 9.18. The minimum absolute atomic E-state index is 0.306. The number of nitrogens with zero attached hydrogens (tertiary/aromatic N) is 2. The molecule has 262 valence electrons. The molecule has 0 N–H and O–H groups in total. The van der Waals surface area contributed by atoms with Crippen LogP contribution in [-0.2, 0) is 0 Å². The molecule has 0 amide bonds. The molecule has 0 aromatic heterocycles. The molecule has 0 radical (unpaired) electrons. The lowest BCUT2D eigenvalue weighted by molar-refractivity contribution is -0.929. The van der Waals surface area contributed by atoms with Crippen molar-refractivity contribution in [2.75, 3.05) is 52.4 Å². The highest BCUT2D eigenvalue weighted by molar-refractivity contribution is 6.36. The zero-order chi connectivity index (χ0) is 33.1. The van der Waals surface area contributed by atoms with E-state index < -0.39 is 7.12 Å². The number of hydrogen-bond acceptors (Lipinski definition) is 2. The molecule has 0 saturated carbocycles. The largest absolute Gasteiger partial charge is 0.893 e. The summed E-state index contributed by atoms with van der Waals surface area (Å²) >= 11 is 0. The van der Waals surface area contributed by atoms with Crippen LogP contribution in [0.1, 0.15) is 191 Å². The molecule has 0 saturated heterocycles. The first-order valence-corrected chi connectivity index (χ1v) is 19.8.